The molecule has 2 aliphatic rings. The van der Waals surface area contributed by atoms with Crippen LogP contribution in [0.2, 0.25) is 0 Å². The average molecular weight is 1240 g/mol. The Labute approximate surface area is 475 Å². The number of carbonyl (C=O) groups is 4. The van der Waals surface area contributed by atoms with Crippen molar-refractivity contribution in [1.29, 1.82) is 0 Å². The Bertz CT molecular complexity index is 3890. The first-order valence-electron chi connectivity index (χ1n) is 26.1. The van der Waals surface area contributed by atoms with Crippen LogP contribution >= 0.6 is 22.6 Å². The maximum Gasteiger partial charge on any atom is 0.416 e. The fraction of sp³-hybridized carbons (Fsp3) is 0.250. The quantitative estimate of drug-likeness (QED) is 0.0360. The first-order chi connectivity index (χ1) is 38.2. The molecule has 0 bridgehead atoms. The molecule has 2 heterocycles. The van der Waals surface area contributed by atoms with Crippen molar-refractivity contribution in [3.63, 3.8) is 0 Å². The molecule has 9 aromatic carbocycles. The van der Waals surface area contributed by atoms with E-state index < -0.39 is 85.0 Å². The Morgan fingerprint density at radius 3 is 0.927 bits per heavy atom. The zero-order valence-electron chi connectivity index (χ0n) is 44.8. The molecule has 2 aliphatic heterocycles. The number of hydrogen-bond acceptors (Lipinski definition) is 4. The highest BCUT2D eigenvalue weighted by Crippen LogP contribution is 2.55. The summed E-state index contributed by atoms with van der Waals surface area (Å²) in [6, 6.07) is 20.7. The van der Waals surface area contributed by atoms with Crippen molar-refractivity contribution in [2.24, 2.45) is 0 Å². The van der Waals surface area contributed by atoms with Gasteiger partial charge in [-0.3, -0.25) is 19.2 Å². The van der Waals surface area contributed by atoms with Gasteiger partial charge in [0.1, 0.15) is 0 Å². The molecule has 18 heteroatoms. The van der Waals surface area contributed by atoms with E-state index in [1.54, 1.807) is 36.4 Å². The third-order valence-corrected chi connectivity index (χ3v) is 16.4. The Morgan fingerprint density at radius 2 is 0.634 bits per heavy atom. The summed E-state index contributed by atoms with van der Waals surface area (Å²) in [6.07, 6.45) is -16.0. The minimum atomic E-state index is -5.37. The summed E-state index contributed by atoms with van der Waals surface area (Å²) in [5.74, 6) is -4.90. The van der Waals surface area contributed by atoms with Gasteiger partial charge in [0.25, 0.3) is 23.6 Å². The normalized spacial score (nSPS) is 14.6. The summed E-state index contributed by atoms with van der Waals surface area (Å²) in [7, 11) is 0. The molecular weight excluding hydrogens is 1200 g/mol. The number of imide groups is 2. The minimum Gasteiger partial charge on any atom is -0.268 e. The standard InChI is InChI=1S/C64H46F11IN2O4/c1-27(2)37-11-9-12-38(28(3)4)55(37)77-57(79)43-18-16-42-50-46(32-21-35(63(71,72)73)24-36(22-32)64(74,75)76)26-48-52-44(58(80)78(60(48)82)56-39(29(5)6)13-10-14-40(56)30(7)8)17-15-41(54(50)52)49-45(25-47(59(77)81)51(43)53(42)49)31-19-33(61(65,66)67)23-34(20-31)62(68,69)70/h9-30H,1-8H3. The van der Waals surface area contributed by atoms with Gasteiger partial charge in [0.2, 0.25) is 0 Å². The first kappa shape index (κ1) is 56.4. The smallest absolute Gasteiger partial charge is 0.268 e. The molecule has 0 saturated carbocycles. The number of anilines is 2. The molecule has 0 aromatic heterocycles. The molecule has 0 radical (unpaired) electrons. The maximum atomic E-state index is 15.7. The van der Waals surface area contributed by atoms with E-state index in [-0.39, 0.29) is 118 Å². The number of carbonyl (C=O) groups excluding carboxylic acids is 4. The molecule has 0 unspecified atom stereocenters. The molecule has 6 nitrogen and oxygen atoms in total. The van der Waals surface area contributed by atoms with Crippen LogP contribution in [0.25, 0.3) is 65.3 Å². The second-order valence-corrected chi connectivity index (χ2v) is 23.5. The number of para-hydroxylation sites is 2. The predicted molar refractivity (Wildman–Crippen MR) is 303 cm³/mol. The lowest BCUT2D eigenvalue weighted by atomic mass is 9.77. The van der Waals surface area contributed by atoms with Gasteiger partial charge in [-0.25, -0.2) is 9.80 Å². The first-order valence-corrected chi connectivity index (χ1v) is 27.2. The average Bonchev–Trinajstić information content (AvgIpc) is 2.24. The van der Waals surface area contributed by atoms with Gasteiger partial charge in [-0.15, -0.1) is 0 Å². The molecular formula is C64H46F11IN2O4. The fourth-order valence-corrected chi connectivity index (χ4v) is 12.4. The van der Waals surface area contributed by atoms with E-state index >= 15 is 41.1 Å². The summed E-state index contributed by atoms with van der Waals surface area (Å²) in [4.78, 5) is 64.2. The lowest BCUT2D eigenvalue weighted by molar-refractivity contribution is -0.143. The van der Waals surface area contributed by atoms with Crippen LogP contribution in [0, 0.1) is 0 Å². The summed E-state index contributed by atoms with van der Waals surface area (Å²) < 4.78 is 162. The van der Waals surface area contributed by atoms with Crippen LogP contribution in [-0.4, -0.2) is 23.6 Å². The highest BCUT2D eigenvalue weighted by molar-refractivity contribution is 14.1. The SMILES string of the molecule is CC(C)c1cccc(C(C)C)c1N1C(=O)c2ccc3c4c(-c5cc(C(F)(F)F)cc(C(F)(F)I)c5)cc5c6c(ccc(c7c(-c8cc(C(F)(F)F)cc(C(F)(F)F)c8)cc(c2c37)C1=O)c64)C(=O)N(c1c(C(C)C)cccc1C(C)C)C5=O. The van der Waals surface area contributed by atoms with Gasteiger partial charge in [0.05, 0.1) is 28.1 Å². The molecule has 11 rings (SSSR count). The van der Waals surface area contributed by atoms with E-state index in [2.05, 4.69) is 0 Å². The molecule has 0 atom stereocenters. The van der Waals surface area contributed by atoms with Crippen molar-refractivity contribution in [1.82, 2.24) is 0 Å². The minimum absolute atomic E-state index is 0.0634. The summed E-state index contributed by atoms with van der Waals surface area (Å²) in [6.45, 7) is 14.7. The molecule has 0 aliphatic carbocycles. The van der Waals surface area contributed by atoms with Gasteiger partial charge >= 0.3 is 22.5 Å². The van der Waals surface area contributed by atoms with Crippen LogP contribution < -0.4 is 9.80 Å². The number of alkyl halides is 12. The fourth-order valence-electron chi connectivity index (χ4n) is 12.1. The van der Waals surface area contributed by atoms with Crippen LogP contribution in [0.15, 0.2) is 109 Å². The number of hydrogen-bond donors (Lipinski definition) is 0. The van der Waals surface area contributed by atoms with E-state index in [0.717, 1.165) is 21.9 Å². The summed E-state index contributed by atoms with van der Waals surface area (Å²) in [5, 5.41) is -0.889. The number of nitrogens with zero attached hydrogens (tertiary/aromatic N) is 2. The molecule has 82 heavy (non-hydrogen) atoms. The molecule has 420 valence electrons. The summed E-state index contributed by atoms with van der Waals surface area (Å²) >= 11 is 0.689. The monoisotopic (exact) mass is 1240 g/mol. The highest BCUT2D eigenvalue weighted by Gasteiger charge is 2.44. The molecule has 0 saturated heterocycles. The number of halogens is 12. The van der Waals surface area contributed by atoms with Crippen molar-refractivity contribution in [3.05, 3.63) is 176 Å². The van der Waals surface area contributed by atoms with Crippen molar-refractivity contribution < 1.29 is 67.5 Å². The van der Waals surface area contributed by atoms with Gasteiger partial charge in [-0.2, -0.15) is 48.3 Å². The van der Waals surface area contributed by atoms with E-state index in [4.69, 9.17) is 0 Å². The topological polar surface area (TPSA) is 74.8 Å². The van der Waals surface area contributed by atoms with E-state index in [9.17, 15) is 26.3 Å². The van der Waals surface area contributed by atoms with Crippen LogP contribution in [-0.2, 0) is 22.5 Å². The number of rotatable bonds is 9. The third kappa shape index (κ3) is 8.70. The molecule has 0 spiro atoms. The van der Waals surface area contributed by atoms with Crippen molar-refractivity contribution >= 4 is 101 Å². The Morgan fingerprint density at radius 1 is 0.341 bits per heavy atom. The molecule has 4 amide bonds. The van der Waals surface area contributed by atoms with E-state index in [1.807, 2.05) is 55.4 Å². The highest BCUT2D eigenvalue weighted by atomic mass is 127. The van der Waals surface area contributed by atoms with Crippen molar-refractivity contribution in [3.8, 4) is 22.3 Å². The van der Waals surface area contributed by atoms with Crippen LogP contribution in [0.1, 0.15) is 165 Å². The molecule has 0 fully saturated rings. The van der Waals surface area contributed by atoms with Crippen LogP contribution in [0.3, 0.4) is 0 Å². The lowest BCUT2D eigenvalue weighted by Crippen LogP contribution is -2.42. The third-order valence-electron chi connectivity index (χ3n) is 15.8. The van der Waals surface area contributed by atoms with Crippen LogP contribution in [0.4, 0.5) is 59.7 Å². The number of amides is 4. The maximum absolute atomic E-state index is 15.7. The molecule has 0 N–H and O–H groups in total. The zero-order valence-corrected chi connectivity index (χ0v) is 46.9. The Hall–Kier alpha value is -7.48. The van der Waals surface area contributed by atoms with Gasteiger partial charge in [-0.05, 0) is 161 Å². The second-order valence-electron chi connectivity index (χ2n) is 22.2. The van der Waals surface area contributed by atoms with Gasteiger partial charge in [0, 0.05) is 61.2 Å². The van der Waals surface area contributed by atoms with Gasteiger partial charge in [0.15, 0.2) is 0 Å². The Kier molecular flexibility index (Phi) is 13.1. The van der Waals surface area contributed by atoms with Gasteiger partial charge < -0.3 is 0 Å². The van der Waals surface area contributed by atoms with E-state index in [1.165, 1.54) is 30.3 Å². The second kappa shape index (κ2) is 19.0. The zero-order chi connectivity index (χ0) is 59.5. The Balaban J connectivity index is 1.38. The predicted octanol–water partition coefficient (Wildman–Crippen LogP) is 19.7. The largest absolute Gasteiger partial charge is 0.416 e. The van der Waals surface area contributed by atoms with Crippen LogP contribution in [0.5, 0.6) is 0 Å². The van der Waals surface area contributed by atoms with Gasteiger partial charge in [-0.1, -0.05) is 104 Å². The lowest BCUT2D eigenvalue weighted by Gasteiger charge is -2.34. The summed E-state index contributed by atoms with van der Waals surface area (Å²) in [5.41, 5.74) is -6.19. The molecule has 9 aromatic rings. The number of benzene rings is 9. The van der Waals surface area contributed by atoms with Crippen molar-refractivity contribution in [2.75, 3.05) is 9.80 Å². The van der Waals surface area contributed by atoms with E-state index in [0.29, 0.717) is 63.0 Å². The van der Waals surface area contributed by atoms with Crippen molar-refractivity contribution in [2.45, 2.75) is 102 Å². The number of fused-ring (bicyclic) bond motifs is 2.